The van der Waals surface area contributed by atoms with Gasteiger partial charge in [0.25, 0.3) is 0 Å². The van der Waals surface area contributed by atoms with Crippen molar-refractivity contribution in [2.45, 2.75) is 39.0 Å². The van der Waals surface area contributed by atoms with Gasteiger partial charge in [-0.05, 0) is 49.9 Å². The van der Waals surface area contributed by atoms with Gasteiger partial charge in [0, 0.05) is 31.0 Å². The smallest absolute Gasteiger partial charge is 0.313 e. The predicted octanol–water partition coefficient (Wildman–Crippen LogP) is 2.53. The van der Waals surface area contributed by atoms with Gasteiger partial charge in [-0.2, -0.15) is 0 Å². The van der Waals surface area contributed by atoms with Gasteiger partial charge in [0.1, 0.15) is 0 Å². The highest BCUT2D eigenvalue weighted by atomic mass is 16.2. The third-order valence-corrected chi connectivity index (χ3v) is 3.87. The van der Waals surface area contributed by atoms with E-state index in [0.29, 0.717) is 12.2 Å². The van der Waals surface area contributed by atoms with Crippen LogP contribution in [0, 0.1) is 0 Å². The molecule has 2 amide bonds. The summed E-state index contributed by atoms with van der Waals surface area (Å²) in [6.45, 7) is 4.75. The molecule has 1 aromatic rings. The molecule has 1 aromatic carbocycles. The molecule has 22 heavy (non-hydrogen) atoms. The first-order valence-corrected chi connectivity index (χ1v) is 8.15. The van der Waals surface area contributed by atoms with Crippen LogP contribution in [-0.4, -0.2) is 31.4 Å². The van der Waals surface area contributed by atoms with Crippen LogP contribution in [0.3, 0.4) is 0 Å². The van der Waals surface area contributed by atoms with Crippen molar-refractivity contribution < 1.29 is 9.59 Å². The lowest BCUT2D eigenvalue weighted by Gasteiger charge is -2.28. The molecule has 0 saturated carbocycles. The summed E-state index contributed by atoms with van der Waals surface area (Å²) in [5, 5.41) is 5.24. The average Bonchev–Trinajstić information content (AvgIpc) is 2.56. The molecule has 1 heterocycles. The second-order valence-electron chi connectivity index (χ2n) is 5.66. The minimum absolute atomic E-state index is 0.538. The third-order valence-electron chi connectivity index (χ3n) is 3.87. The van der Waals surface area contributed by atoms with E-state index in [1.165, 1.54) is 24.9 Å². The Morgan fingerprint density at radius 1 is 1.05 bits per heavy atom. The van der Waals surface area contributed by atoms with E-state index in [1.54, 1.807) is 0 Å². The first-order valence-electron chi connectivity index (χ1n) is 8.15. The SMILES string of the molecule is CCCCNC(=O)C(=O)Nc1ccc(N2CCCCC2)cc1. The summed E-state index contributed by atoms with van der Waals surface area (Å²) >= 11 is 0. The van der Waals surface area contributed by atoms with E-state index in [0.717, 1.165) is 25.9 Å². The molecule has 2 N–H and O–H groups in total. The lowest BCUT2D eigenvalue weighted by atomic mass is 10.1. The number of anilines is 2. The van der Waals surface area contributed by atoms with Crippen molar-refractivity contribution in [3.05, 3.63) is 24.3 Å². The summed E-state index contributed by atoms with van der Waals surface area (Å²) in [6.07, 6.45) is 5.63. The summed E-state index contributed by atoms with van der Waals surface area (Å²) in [6, 6.07) is 7.69. The van der Waals surface area contributed by atoms with Gasteiger partial charge < -0.3 is 15.5 Å². The molecule has 0 radical (unpaired) electrons. The van der Waals surface area contributed by atoms with E-state index in [2.05, 4.69) is 15.5 Å². The Balaban J connectivity index is 1.85. The predicted molar refractivity (Wildman–Crippen MR) is 89.1 cm³/mol. The summed E-state index contributed by atoms with van der Waals surface area (Å²) in [7, 11) is 0. The van der Waals surface area contributed by atoms with Crippen LogP contribution in [0.2, 0.25) is 0 Å². The van der Waals surface area contributed by atoms with Crippen molar-refractivity contribution in [3.8, 4) is 0 Å². The van der Waals surface area contributed by atoms with E-state index in [1.807, 2.05) is 31.2 Å². The maximum absolute atomic E-state index is 11.8. The Morgan fingerprint density at radius 3 is 2.36 bits per heavy atom. The first-order chi connectivity index (χ1) is 10.7. The normalized spacial score (nSPS) is 14.5. The number of benzene rings is 1. The van der Waals surface area contributed by atoms with E-state index >= 15 is 0 Å². The van der Waals surface area contributed by atoms with Crippen LogP contribution in [0.15, 0.2) is 24.3 Å². The summed E-state index contributed by atoms with van der Waals surface area (Å²) < 4.78 is 0. The topological polar surface area (TPSA) is 61.4 Å². The summed E-state index contributed by atoms with van der Waals surface area (Å²) in [5.41, 5.74) is 1.82. The Kier molecular flexibility index (Phi) is 6.25. The van der Waals surface area contributed by atoms with Crippen molar-refractivity contribution in [3.63, 3.8) is 0 Å². The highest BCUT2D eigenvalue weighted by Gasteiger charge is 2.14. The lowest BCUT2D eigenvalue weighted by molar-refractivity contribution is -0.136. The summed E-state index contributed by atoms with van der Waals surface area (Å²) in [4.78, 5) is 25.7. The summed E-state index contributed by atoms with van der Waals surface area (Å²) in [5.74, 6) is -1.18. The molecule has 1 saturated heterocycles. The number of hydrogen-bond acceptors (Lipinski definition) is 3. The molecule has 1 aliphatic heterocycles. The maximum Gasteiger partial charge on any atom is 0.313 e. The Hall–Kier alpha value is -2.04. The lowest BCUT2D eigenvalue weighted by Crippen LogP contribution is -2.35. The van der Waals surface area contributed by atoms with Gasteiger partial charge in [0.2, 0.25) is 0 Å². The number of unbranched alkanes of at least 4 members (excludes halogenated alkanes) is 1. The quantitative estimate of drug-likeness (QED) is 0.649. The molecule has 0 unspecified atom stereocenters. The van der Waals surface area contributed by atoms with Crippen molar-refractivity contribution in [2.75, 3.05) is 29.9 Å². The number of piperidine rings is 1. The molecule has 5 nitrogen and oxygen atoms in total. The molecule has 5 heteroatoms. The minimum atomic E-state index is -0.609. The van der Waals surface area contributed by atoms with Crippen LogP contribution in [0.5, 0.6) is 0 Å². The van der Waals surface area contributed by atoms with E-state index in [9.17, 15) is 9.59 Å². The fourth-order valence-electron chi connectivity index (χ4n) is 2.55. The molecule has 0 aliphatic carbocycles. The van der Waals surface area contributed by atoms with Gasteiger partial charge in [-0.3, -0.25) is 9.59 Å². The molecular formula is C17H25N3O2. The van der Waals surface area contributed by atoms with Gasteiger partial charge in [0.15, 0.2) is 0 Å². The average molecular weight is 303 g/mol. The number of rotatable bonds is 5. The molecule has 0 spiro atoms. The zero-order valence-electron chi connectivity index (χ0n) is 13.2. The molecule has 0 atom stereocenters. The van der Waals surface area contributed by atoms with Gasteiger partial charge in [-0.1, -0.05) is 13.3 Å². The van der Waals surface area contributed by atoms with Gasteiger partial charge in [-0.25, -0.2) is 0 Å². The second-order valence-corrected chi connectivity index (χ2v) is 5.66. The molecule has 0 bridgehead atoms. The fraction of sp³-hybridized carbons (Fsp3) is 0.529. The molecule has 1 aliphatic rings. The van der Waals surface area contributed by atoms with Crippen LogP contribution < -0.4 is 15.5 Å². The minimum Gasteiger partial charge on any atom is -0.372 e. The molecule has 120 valence electrons. The highest BCUT2D eigenvalue weighted by Crippen LogP contribution is 2.21. The molecule has 2 rings (SSSR count). The van der Waals surface area contributed by atoms with E-state index < -0.39 is 11.8 Å². The number of amides is 2. The van der Waals surface area contributed by atoms with E-state index in [4.69, 9.17) is 0 Å². The number of hydrogen-bond donors (Lipinski definition) is 2. The van der Waals surface area contributed by atoms with Crippen molar-refractivity contribution in [1.82, 2.24) is 5.32 Å². The number of nitrogens with one attached hydrogen (secondary N) is 2. The molecule has 1 fully saturated rings. The molecular weight excluding hydrogens is 278 g/mol. The highest BCUT2D eigenvalue weighted by molar-refractivity contribution is 6.39. The van der Waals surface area contributed by atoms with Gasteiger partial charge in [0.05, 0.1) is 0 Å². The maximum atomic E-state index is 11.8. The van der Waals surface area contributed by atoms with Crippen molar-refractivity contribution >= 4 is 23.2 Å². The van der Waals surface area contributed by atoms with E-state index in [-0.39, 0.29) is 0 Å². The van der Waals surface area contributed by atoms with Crippen molar-refractivity contribution in [2.24, 2.45) is 0 Å². The zero-order valence-corrected chi connectivity index (χ0v) is 13.2. The Morgan fingerprint density at radius 2 is 1.73 bits per heavy atom. The Labute approximate surface area is 132 Å². The third kappa shape index (κ3) is 4.76. The largest absolute Gasteiger partial charge is 0.372 e. The fourth-order valence-corrected chi connectivity index (χ4v) is 2.55. The first kappa shape index (κ1) is 16.3. The van der Waals surface area contributed by atoms with Crippen LogP contribution in [0.25, 0.3) is 0 Å². The number of carbonyl (C=O) groups is 2. The zero-order chi connectivity index (χ0) is 15.8. The van der Waals surface area contributed by atoms with Crippen LogP contribution >= 0.6 is 0 Å². The van der Waals surface area contributed by atoms with Crippen LogP contribution in [-0.2, 0) is 9.59 Å². The van der Waals surface area contributed by atoms with Gasteiger partial charge in [-0.15, -0.1) is 0 Å². The standard InChI is InChI=1S/C17H25N3O2/c1-2-3-11-18-16(21)17(22)19-14-7-9-15(10-8-14)20-12-5-4-6-13-20/h7-10H,2-6,11-13H2,1H3,(H,18,21)(H,19,22). The Bertz CT molecular complexity index is 493. The number of nitrogens with zero attached hydrogens (tertiary/aromatic N) is 1. The van der Waals surface area contributed by atoms with Crippen LogP contribution in [0.1, 0.15) is 39.0 Å². The molecule has 0 aromatic heterocycles. The monoisotopic (exact) mass is 303 g/mol. The second kappa shape index (κ2) is 8.41. The number of carbonyl (C=O) groups excluding carboxylic acids is 2. The van der Waals surface area contributed by atoms with Crippen LogP contribution in [0.4, 0.5) is 11.4 Å². The van der Waals surface area contributed by atoms with Gasteiger partial charge >= 0.3 is 11.8 Å². The van der Waals surface area contributed by atoms with Crippen molar-refractivity contribution in [1.29, 1.82) is 0 Å².